The Morgan fingerprint density at radius 2 is 1.96 bits per heavy atom. The molecule has 27 heavy (non-hydrogen) atoms. The fourth-order valence-corrected chi connectivity index (χ4v) is 5.46. The normalized spacial score (nSPS) is 11.3. The quantitative estimate of drug-likeness (QED) is 0.631. The molecule has 3 rings (SSSR count). The Morgan fingerprint density at radius 3 is 2.56 bits per heavy atom. The van der Waals surface area contributed by atoms with Crippen LogP contribution >= 0.6 is 22.7 Å². The van der Waals surface area contributed by atoms with Gasteiger partial charge in [-0.05, 0) is 47.5 Å². The molecule has 0 fully saturated rings. The minimum absolute atomic E-state index is 0.116. The first-order chi connectivity index (χ1) is 12.8. The van der Waals surface area contributed by atoms with Crippen LogP contribution in [-0.2, 0) is 16.6 Å². The highest BCUT2D eigenvalue weighted by Gasteiger charge is 2.20. The largest absolute Gasteiger partial charge is 0.507 e. The molecule has 0 saturated carbocycles. The number of nitrogens with zero attached hydrogens (tertiary/aromatic N) is 1. The van der Waals surface area contributed by atoms with Crippen LogP contribution in [0.2, 0.25) is 0 Å². The molecule has 0 radical (unpaired) electrons. The topological polar surface area (TPSA) is 86.7 Å². The Balaban J connectivity index is 1.76. The molecule has 0 unspecified atom stereocenters. The van der Waals surface area contributed by atoms with Crippen LogP contribution in [0.25, 0.3) is 0 Å². The summed E-state index contributed by atoms with van der Waals surface area (Å²) in [5.74, 6) is -0.617. The van der Waals surface area contributed by atoms with E-state index >= 15 is 0 Å². The van der Waals surface area contributed by atoms with Crippen LogP contribution in [0.1, 0.15) is 20.8 Å². The van der Waals surface area contributed by atoms with Gasteiger partial charge in [0.05, 0.1) is 17.8 Å². The molecule has 2 aromatic heterocycles. The predicted molar refractivity (Wildman–Crippen MR) is 108 cm³/mol. The number of benzene rings is 1. The zero-order valence-electron chi connectivity index (χ0n) is 14.7. The van der Waals surface area contributed by atoms with Gasteiger partial charge in [0.2, 0.25) is 0 Å². The molecular formula is C18H18N2O4S3. The van der Waals surface area contributed by atoms with Crippen LogP contribution < -0.4 is 4.72 Å². The molecule has 2 N–H and O–H groups in total. The van der Waals surface area contributed by atoms with Crippen molar-refractivity contribution in [1.82, 2.24) is 4.90 Å². The smallest absolute Gasteiger partial charge is 0.271 e. The zero-order chi connectivity index (χ0) is 19.6. The lowest BCUT2D eigenvalue weighted by atomic mass is 10.1. The summed E-state index contributed by atoms with van der Waals surface area (Å²) in [5.41, 5.74) is 1.42. The van der Waals surface area contributed by atoms with E-state index in [1.165, 1.54) is 29.2 Å². The van der Waals surface area contributed by atoms with Gasteiger partial charge in [-0.15, -0.1) is 22.7 Å². The minimum atomic E-state index is -3.71. The van der Waals surface area contributed by atoms with E-state index in [2.05, 4.69) is 4.72 Å². The van der Waals surface area contributed by atoms with E-state index in [0.717, 1.165) is 21.8 Å². The van der Waals surface area contributed by atoms with Crippen molar-refractivity contribution in [1.29, 1.82) is 0 Å². The lowest BCUT2D eigenvalue weighted by Crippen LogP contribution is -2.26. The molecule has 1 aromatic carbocycles. The molecule has 6 nitrogen and oxygen atoms in total. The van der Waals surface area contributed by atoms with Crippen molar-refractivity contribution < 1.29 is 18.3 Å². The Labute approximate surface area is 165 Å². The highest BCUT2D eigenvalue weighted by atomic mass is 32.2. The Morgan fingerprint density at radius 1 is 1.19 bits per heavy atom. The van der Waals surface area contributed by atoms with Crippen LogP contribution in [-0.4, -0.2) is 31.4 Å². The average molecular weight is 423 g/mol. The Hall–Kier alpha value is -2.36. The summed E-state index contributed by atoms with van der Waals surface area (Å²) in [6.07, 6.45) is 0. The van der Waals surface area contributed by atoms with Gasteiger partial charge in [-0.2, -0.15) is 0 Å². The fraction of sp³-hybridized carbons (Fsp3) is 0.167. The second kappa shape index (κ2) is 7.71. The van der Waals surface area contributed by atoms with E-state index in [-0.39, 0.29) is 27.1 Å². The van der Waals surface area contributed by atoms with Gasteiger partial charge in [-0.1, -0.05) is 6.07 Å². The van der Waals surface area contributed by atoms with Gasteiger partial charge in [0.15, 0.2) is 0 Å². The summed E-state index contributed by atoms with van der Waals surface area (Å²) in [6, 6.07) is 9.24. The Bertz CT molecular complexity index is 1060. The van der Waals surface area contributed by atoms with Gasteiger partial charge in [0.1, 0.15) is 9.96 Å². The first kappa shape index (κ1) is 19.4. The molecule has 9 heteroatoms. The van der Waals surface area contributed by atoms with Crippen LogP contribution in [0, 0.1) is 6.92 Å². The molecule has 3 aromatic rings. The predicted octanol–water partition coefficient (Wildman–Crippen LogP) is 3.90. The van der Waals surface area contributed by atoms with Crippen molar-refractivity contribution in [3.63, 3.8) is 0 Å². The van der Waals surface area contributed by atoms with Crippen molar-refractivity contribution in [2.45, 2.75) is 17.7 Å². The van der Waals surface area contributed by atoms with Gasteiger partial charge in [-0.25, -0.2) is 8.42 Å². The maximum Gasteiger partial charge on any atom is 0.271 e. The second-order valence-electron chi connectivity index (χ2n) is 5.96. The van der Waals surface area contributed by atoms with Crippen molar-refractivity contribution in [2.75, 3.05) is 11.8 Å². The van der Waals surface area contributed by atoms with Gasteiger partial charge < -0.3 is 10.0 Å². The number of aromatic hydroxyl groups is 1. The molecule has 0 aliphatic rings. The molecule has 0 aliphatic carbocycles. The van der Waals surface area contributed by atoms with Crippen molar-refractivity contribution in [3.05, 3.63) is 63.2 Å². The van der Waals surface area contributed by atoms with Gasteiger partial charge in [0, 0.05) is 18.0 Å². The lowest BCUT2D eigenvalue weighted by molar-refractivity contribution is 0.0783. The fourth-order valence-electron chi connectivity index (χ4n) is 2.46. The third-order valence-electron chi connectivity index (χ3n) is 3.94. The molecule has 0 atom stereocenters. The van der Waals surface area contributed by atoms with Gasteiger partial charge in [-0.3, -0.25) is 9.52 Å². The second-order valence-corrected chi connectivity index (χ2v) is 9.82. The number of carbonyl (C=O) groups is 1. The van der Waals surface area contributed by atoms with E-state index in [4.69, 9.17) is 0 Å². The number of phenolic OH excluding ortho intramolecular Hbond substituents is 1. The molecule has 1 amide bonds. The summed E-state index contributed by atoms with van der Waals surface area (Å²) < 4.78 is 27.1. The maximum atomic E-state index is 12.6. The number of sulfonamides is 1. The first-order valence-corrected chi connectivity index (χ1v) is 11.2. The van der Waals surface area contributed by atoms with Crippen molar-refractivity contribution >= 4 is 44.3 Å². The van der Waals surface area contributed by atoms with Crippen LogP contribution in [0.3, 0.4) is 0 Å². The summed E-state index contributed by atoms with van der Waals surface area (Å²) in [7, 11) is -2.05. The first-order valence-electron chi connectivity index (χ1n) is 7.95. The molecule has 0 saturated heterocycles. The third kappa shape index (κ3) is 4.32. The monoisotopic (exact) mass is 422 g/mol. The highest BCUT2D eigenvalue weighted by molar-refractivity contribution is 7.94. The number of hydrogen-bond acceptors (Lipinski definition) is 6. The average Bonchev–Trinajstić information content (AvgIpc) is 3.27. The zero-order valence-corrected chi connectivity index (χ0v) is 17.1. The summed E-state index contributed by atoms with van der Waals surface area (Å²) in [6.45, 7) is 2.42. The summed E-state index contributed by atoms with van der Waals surface area (Å²) >= 11 is 2.67. The lowest BCUT2D eigenvalue weighted by Gasteiger charge is -2.18. The number of carbonyl (C=O) groups excluding carboxylic acids is 1. The minimum Gasteiger partial charge on any atom is -0.507 e. The third-order valence-corrected chi connectivity index (χ3v) is 7.72. The number of thiophene rings is 2. The standard InChI is InChI=1S/C18H18N2O4S3/c1-12-7-9-25-16(12)11-20(2)18(22)14-6-5-13(10-15(14)21)19-27(23,24)17-4-3-8-26-17/h3-10,19,21H,11H2,1-2H3. The SMILES string of the molecule is Cc1ccsc1CN(C)C(=O)c1ccc(NS(=O)(=O)c2cccs2)cc1O. The van der Waals surface area contributed by atoms with E-state index < -0.39 is 10.0 Å². The molecule has 0 aliphatic heterocycles. The number of phenols is 1. The molecule has 2 heterocycles. The molecular weight excluding hydrogens is 404 g/mol. The van der Waals surface area contributed by atoms with E-state index in [1.807, 2.05) is 18.4 Å². The molecule has 0 spiro atoms. The number of aryl methyl sites for hydroxylation is 1. The maximum absolute atomic E-state index is 12.6. The Kier molecular flexibility index (Phi) is 5.54. The number of nitrogens with one attached hydrogen (secondary N) is 1. The van der Waals surface area contributed by atoms with Gasteiger partial charge >= 0.3 is 0 Å². The molecule has 142 valence electrons. The molecule has 0 bridgehead atoms. The van der Waals surface area contributed by atoms with Crippen molar-refractivity contribution in [3.8, 4) is 5.75 Å². The van der Waals surface area contributed by atoms with E-state index in [9.17, 15) is 18.3 Å². The number of rotatable bonds is 6. The summed E-state index contributed by atoms with van der Waals surface area (Å²) in [5, 5.41) is 13.9. The van der Waals surface area contributed by atoms with Crippen molar-refractivity contribution in [2.24, 2.45) is 0 Å². The number of hydrogen-bond donors (Lipinski definition) is 2. The number of anilines is 1. The van der Waals surface area contributed by atoms with Crippen LogP contribution in [0.15, 0.2) is 51.4 Å². The van der Waals surface area contributed by atoms with Gasteiger partial charge in [0.25, 0.3) is 15.9 Å². The van der Waals surface area contributed by atoms with Crippen LogP contribution in [0.4, 0.5) is 5.69 Å². The highest BCUT2D eigenvalue weighted by Crippen LogP contribution is 2.27. The number of amides is 1. The summed E-state index contributed by atoms with van der Waals surface area (Å²) in [4.78, 5) is 15.2. The van der Waals surface area contributed by atoms with Crippen LogP contribution in [0.5, 0.6) is 5.75 Å². The van der Waals surface area contributed by atoms with E-state index in [1.54, 1.807) is 29.8 Å². The van der Waals surface area contributed by atoms with E-state index in [0.29, 0.717) is 6.54 Å².